The van der Waals surface area contributed by atoms with Crippen molar-refractivity contribution in [3.8, 4) is 6.07 Å². The van der Waals surface area contributed by atoms with E-state index < -0.39 is 23.8 Å². The van der Waals surface area contributed by atoms with E-state index in [1.807, 2.05) is 6.07 Å². The zero-order valence-corrected chi connectivity index (χ0v) is 10.1. The molecule has 1 rings (SSSR count). The van der Waals surface area contributed by atoms with Gasteiger partial charge in [-0.05, 0) is 18.6 Å². The van der Waals surface area contributed by atoms with Crippen LogP contribution < -0.4 is 10.6 Å². The molecular weight excluding hydrogens is 259 g/mol. The summed E-state index contributed by atoms with van der Waals surface area (Å²) in [4.78, 5) is 11.5. The first-order valence-electron chi connectivity index (χ1n) is 5.51. The number of nitrogens with one attached hydrogen (secondary N) is 2. The summed E-state index contributed by atoms with van der Waals surface area (Å²) in [7, 11) is 0. The van der Waals surface area contributed by atoms with Gasteiger partial charge in [0.05, 0.1) is 17.3 Å². The van der Waals surface area contributed by atoms with Crippen molar-refractivity contribution in [2.75, 3.05) is 5.32 Å². The Morgan fingerprint density at radius 3 is 2.58 bits per heavy atom. The number of nitriles is 1. The normalized spacial score (nSPS) is 12.4. The van der Waals surface area contributed by atoms with Gasteiger partial charge in [0.25, 0.3) is 0 Å². The molecule has 2 amide bonds. The standard InChI is InChI=1S/C12H12F3N3O/c1-2-8(7-16)17-11(19)18-10-6-4-3-5-9(10)12(13,14)15/h3-6,8H,2H2,1H3,(H2,17,18,19). The lowest BCUT2D eigenvalue weighted by molar-refractivity contribution is -0.136. The second-order valence-corrected chi connectivity index (χ2v) is 3.73. The van der Waals surface area contributed by atoms with Crippen molar-refractivity contribution < 1.29 is 18.0 Å². The number of urea groups is 1. The number of halogens is 3. The molecule has 0 saturated carbocycles. The Bertz CT molecular complexity index is 494. The highest BCUT2D eigenvalue weighted by Gasteiger charge is 2.33. The predicted molar refractivity (Wildman–Crippen MR) is 63.3 cm³/mol. The number of carbonyl (C=O) groups is 1. The zero-order valence-electron chi connectivity index (χ0n) is 10.1. The van der Waals surface area contributed by atoms with E-state index in [2.05, 4.69) is 10.6 Å². The highest BCUT2D eigenvalue weighted by atomic mass is 19.4. The fraction of sp³-hybridized carbons (Fsp3) is 0.333. The summed E-state index contributed by atoms with van der Waals surface area (Å²) in [5.41, 5.74) is -1.28. The average molecular weight is 271 g/mol. The van der Waals surface area contributed by atoms with Crippen molar-refractivity contribution in [2.24, 2.45) is 0 Å². The van der Waals surface area contributed by atoms with Crippen LogP contribution >= 0.6 is 0 Å². The lowest BCUT2D eigenvalue weighted by Crippen LogP contribution is -2.37. The molecule has 19 heavy (non-hydrogen) atoms. The van der Waals surface area contributed by atoms with E-state index in [4.69, 9.17) is 5.26 Å². The lowest BCUT2D eigenvalue weighted by atomic mass is 10.1. The van der Waals surface area contributed by atoms with Crippen molar-refractivity contribution in [1.82, 2.24) is 5.32 Å². The minimum Gasteiger partial charge on any atom is -0.322 e. The molecule has 2 N–H and O–H groups in total. The Morgan fingerprint density at radius 2 is 2.05 bits per heavy atom. The topological polar surface area (TPSA) is 64.9 Å². The van der Waals surface area contributed by atoms with Crippen LogP contribution in [-0.4, -0.2) is 12.1 Å². The van der Waals surface area contributed by atoms with Gasteiger partial charge in [0.15, 0.2) is 0 Å². The minimum atomic E-state index is -4.55. The second-order valence-electron chi connectivity index (χ2n) is 3.73. The molecule has 0 saturated heterocycles. The first-order chi connectivity index (χ1) is 8.88. The third kappa shape index (κ3) is 4.17. The molecule has 0 radical (unpaired) electrons. The van der Waals surface area contributed by atoms with E-state index in [9.17, 15) is 18.0 Å². The predicted octanol–water partition coefficient (Wildman–Crippen LogP) is 3.13. The Balaban J connectivity index is 2.84. The molecule has 0 aliphatic carbocycles. The largest absolute Gasteiger partial charge is 0.418 e. The molecule has 0 aromatic heterocycles. The van der Waals surface area contributed by atoms with Crippen LogP contribution in [0.5, 0.6) is 0 Å². The van der Waals surface area contributed by atoms with Gasteiger partial charge in [-0.2, -0.15) is 18.4 Å². The Hall–Kier alpha value is -2.23. The van der Waals surface area contributed by atoms with Crippen molar-refractivity contribution in [2.45, 2.75) is 25.6 Å². The summed E-state index contributed by atoms with van der Waals surface area (Å²) in [6.07, 6.45) is -4.19. The second kappa shape index (κ2) is 6.09. The van der Waals surface area contributed by atoms with Gasteiger partial charge in [0.2, 0.25) is 0 Å². The first kappa shape index (κ1) is 14.8. The monoisotopic (exact) mass is 271 g/mol. The third-order valence-corrected chi connectivity index (χ3v) is 2.35. The maximum Gasteiger partial charge on any atom is 0.418 e. The molecule has 1 unspecified atom stereocenters. The van der Waals surface area contributed by atoms with Crippen molar-refractivity contribution in [3.05, 3.63) is 29.8 Å². The van der Waals surface area contributed by atoms with Crippen LogP contribution in [-0.2, 0) is 6.18 Å². The molecule has 1 atom stereocenters. The summed E-state index contributed by atoms with van der Waals surface area (Å²) in [6.45, 7) is 1.68. The number of anilines is 1. The van der Waals surface area contributed by atoms with Crippen LogP contribution in [0.15, 0.2) is 24.3 Å². The first-order valence-corrected chi connectivity index (χ1v) is 5.51. The summed E-state index contributed by atoms with van der Waals surface area (Å²) in [6, 6.07) is 4.87. The molecular formula is C12H12F3N3O. The number of rotatable bonds is 3. The molecule has 7 heteroatoms. The molecule has 1 aromatic carbocycles. The molecule has 0 spiro atoms. The van der Waals surface area contributed by atoms with Gasteiger partial charge in [0, 0.05) is 0 Å². The van der Waals surface area contributed by atoms with E-state index in [-0.39, 0.29) is 5.69 Å². The number of benzene rings is 1. The molecule has 1 aromatic rings. The van der Waals surface area contributed by atoms with E-state index >= 15 is 0 Å². The van der Waals surface area contributed by atoms with Crippen LogP contribution in [0.1, 0.15) is 18.9 Å². The highest BCUT2D eigenvalue weighted by molar-refractivity contribution is 5.90. The zero-order chi connectivity index (χ0) is 14.5. The number of carbonyl (C=O) groups excluding carboxylic acids is 1. The summed E-state index contributed by atoms with van der Waals surface area (Å²) < 4.78 is 38.0. The van der Waals surface area contributed by atoms with Crippen LogP contribution in [0.3, 0.4) is 0 Å². The van der Waals surface area contributed by atoms with Crippen LogP contribution in [0.2, 0.25) is 0 Å². The van der Waals surface area contributed by atoms with Crippen molar-refractivity contribution in [3.63, 3.8) is 0 Å². The maximum absolute atomic E-state index is 12.7. The Morgan fingerprint density at radius 1 is 1.42 bits per heavy atom. The minimum absolute atomic E-state index is 0.347. The van der Waals surface area contributed by atoms with Gasteiger partial charge in [-0.1, -0.05) is 19.1 Å². The average Bonchev–Trinajstić information content (AvgIpc) is 2.35. The number of amides is 2. The van der Waals surface area contributed by atoms with Crippen molar-refractivity contribution >= 4 is 11.7 Å². The SMILES string of the molecule is CCC(C#N)NC(=O)Nc1ccccc1C(F)(F)F. The van der Waals surface area contributed by atoms with E-state index in [0.29, 0.717) is 6.42 Å². The molecule has 0 fully saturated rings. The molecule has 0 aliphatic heterocycles. The number of para-hydroxylation sites is 1. The van der Waals surface area contributed by atoms with E-state index in [1.54, 1.807) is 6.92 Å². The van der Waals surface area contributed by atoms with Gasteiger partial charge in [-0.25, -0.2) is 4.79 Å². The molecule has 4 nitrogen and oxygen atoms in total. The van der Waals surface area contributed by atoms with Crippen LogP contribution in [0, 0.1) is 11.3 Å². The number of alkyl halides is 3. The van der Waals surface area contributed by atoms with Gasteiger partial charge < -0.3 is 10.6 Å². The Kier molecular flexibility index (Phi) is 4.75. The van der Waals surface area contributed by atoms with Crippen LogP contribution in [0.4, 0.5) is 23.7 Å². The molecule has 102 valence electrons. The fourth-order valence-electron chi connectivity index (χ4n) is 1.38. The summed E-state index contributed by atoms with van der Waals surface area (Å²) >= 11 is 0. The van der Waals surface area contributed by atoms with Gasteiger partial charge in [-0.3, -0.25) is 0 Å². The van der Waals surface area contributed by atoms with Gasteiger partial charge >= 0.3 is 12.2 Å². The quantitative estimate of drug-likeness (QED) is 0.887. The van der Waals surface area contributed by atoms with Gasteiger partial charge in [0.1, 0.15) is 6.04 Å². The van der Waals surface area contributed by atoms with E-state index in [0.717, 1.165) is 12.1 Å². The van der Waals surface area contributed by atoms with Crippen molar-refractivity contribution in [1.29, 1.82) is 5.26 Å². The summed E-state index contributed by atoms with van der Waals surface area (Å²) in [5.74, 6) is 0. The number of hydrogen-bond donors (Lipinski definition) is 2. The molecule has 0 bridgehead atoms. The highest BCUT2D eigenvalue weighted by Crippen LogP contribution is 2.34. The third-order valence-electron chi connectivity index (χ3n) is 2.35. The van der Waals surface area contributed by atoms with Crippen LogP contribution in [0.25, 0.3) is 0 Å². The maximum atomic E-state index is 12.7. The molecule has 0 heterocycles. The fourth-order valence-corrected chi connectivity index (χ4v) is 1.38. The number of hydrogen-bond acceptors (Lipinski definition) is 2. The molecule has 0 aliphatic rings. The smallest absolute Gasteiger partial charge is 0.322 e. The van der Waals surface area contributed by atoms with E-state index in [1.165, 1.54) is 12.1 Å². The lowest BCUT2D eigenvalue weighted by Gasteiger charge is -2.15. The summed E-state index contributed by atoms with van der Waals surface area (Å²) in [5, 5.41) is 13.0. The Labute approximate surface area is 108 Å². The number of nitrogens with zero attached hydrogens (tertiary/aromatic N) is 1. The van der Waals surface area contributed by atoms with Gasteiger partial charge in [-0.15, -0.1) is 0 Å².